The van der Waals surface area contributed by atoms with E-state index in [0.717, 1.165) is 11.4 Å². The van der Waals surface area contributed by atoms with E-state index >= 15 is 0 Å². The Kier molecular flexibility index (Phi) is 7.59. The average Bonchev–Trinajstić information content (AvgIpc) is 3.16. The number of anilines is 3. The number of rotatable bonds is 7. The quantitative estimate of drug-likeness (QED) is 0.499. The van der Waals surface area contributed by atoms with Gasteiger partial charge in [0.2, 0.25) is 11.9 Å². The van der Waals surface area contributed by atoms with Gasteiger partial charge in [-0.15, -0.1) is 0 Å². The summed E-state index contributed by atoms with van der Waals surface area (Å²) < 4.78 is 0. The van der Waals surface area contributed by atoms with Gasteiger partial charge in [-0.05, 0) is 58.7 Å². The molecule has 0 spiro atoms. The van der Waals surface area contributed by atoms with Crippen LogP contribution >= 0.6 is 0 Å². The third-order valence-electron chi connectivity index (χ3n) is 5.67. The minimum Gasteiger partial charge on any atom is -0.465 e. The first-order chi connectivity index (χ1) is 16.6. The van der Waals surface area contributed by atoms with Gasteiger partial charge in [0.25, 0.3) is 0 Å². The number of nitrogens with zero attached hydrogens (tertiary/aromatic N) is 5. The standard InChI is InChI=1S/C25H31N7O3/c1-6-31-19-11-8-7-10-18(19)28-22(31)17(14-26)21-16(2)15-27-23(30-21)29-20(33)12-9-13-32(24(34)35)25(3,4)5/h7-8,10-11,15,28H,6,9,12-13H2,1-5H3,(H,34,35)(H,27,29,30,33). The van der Waals surface area contributed by atoms with Crippen LogP contribution < -0.4 is 15.5 Å². The first-order valence-electron chi connectivity index (χ1n) is 11.5. The Morgan fingerprint density at radius 1 is 1.29 bits per heavy atom. The van der Waals surface area contributed by atoms with Crippen molar-refractivity contribution in [1.29, 1.82) is 5.26 Å². The second-order valence-electron chi connectivity index (χ2n) is 9.20. The SMILES string of the molecule is CCN1C(=C(C#N)c2nc(NC(=O)CCCN(C(=O)O)C(C)(C)C)ncc2C)Nc2ccccc21. The number of carboxylic acid groups (broad SMARTS) is 1. The highest BCUT2D eigenvalue weighted by Crippen LogP contribution is 2.38. The number of carbonyl (C=O) groups excluding carboxylic acids is 1. The molecule has 3 rings (SSSR count). The van der Waals surface area contributed by atoms with Crippen LogP contribution in [0.5, 0.6) is 0 Å². The molecule has 10 heteroatoms. The van der Waals surface area contributed by atoms with Crippen molar-refractivity contribution in [2.45, 2.75) is 53.0 Å². The molecule has 2 aromatic rings. The Bertz CT molecular complexity index is 1190. The molecule has 1 aliphatic rings. The number of amides is 2. The summed E-state index contributed by atoms with van der Waals surface area (Å²) in [6.45, 7) is 10.1. The highest BCUT2D eigenvalue weighted by molar-refractivity contribution is 5.92. The maximum atomic E-state index is 12.5. The summed E-state index contributed by atoms with van der Waals surface area (Å²) in [5.41, 5.74) is 2.80. The molecule has 184 valence electrons. The third-order valence-corrected chi connectivity index (χ3v) is 5.67. The largest absolute Gasteiger partial charge is 0.465 e. The molecule has 0 atom stereocenters. The highest BCUT2D eigenvalue weighted by Gasteiger charge is 2.28. The van der Waals surface area contributed by atoms with E-state index < -0.39 is 11.6 Å². The molecule has 1 aromatic heterocycles. The van der Waals surface area contributed by atoms with E-state index in [1.165, 1.54) is 4.90 Å². The van der Waals surface area contributed by atoms with Crippen LogP contribution in [0.2, 0.25) is 0 Å². The average molecular weight is 478 g/mol. The van der Waals surface area contributed by atoms with Gasteiger partial charge in [0.05, 0.1) is 17.1 Å². The Morgan fingerprint density at radius 3 is 2.63 bits per heavy atom. The molecule has 35 heavy (non-hydrogen) atoms. The molecular weight excluding hydrogens is 446 g/mol. The van der Waals surface area contributed by atoms with E-state index in [0.29, 0.717) is 35.6 Å². The van der Waals surface area contributed by atoms with Crippen molar-refractivity contribution in [3.8, 4) is 6.07 Å². The number of aryl methyl sites for hydroxylation is 1. The van der Waals surface area contributed by atoms with Crippen LogP contribution in [0.4, 0.5) is 22.1 Å². The van der Waals surface area contributed by atoms with Crippen LogP contribution in [0, 0.1) is 18.3 Å². The van der Waals surface area contributed by atoms with Gasteiger partial charge >= 0.3 is 6.09 Å². The zero-order chi connectivity index (χ0) is 25.8. The van der Waals surface area contributed by atoms with E-state index in [9.17, 15) is 20.0 Å². The Hall–Kier alpha value is -4.13. The molecule has 0 radical (unpaired) electrons. The molecule has 0 saturated heterocycles. The van der Waals surface area contributed by atoms with Gasteiger partial charge in [0, 0.05) is 31.2 Å². The topological polar surface area (TPSA) is 134 Å². The van der Waals surface area contributed by atoms with E-state index in [1.807, 2.05) is 63.8 Å². The van der Waals surface area contributed by atoms with E-state index in [4.69, 9.17) is 0 Å². The van der Waals surface area contributed by atoms with Crippen molar-refractivity contribution >= 4 is 34.9 Å². The third kappa shape index (κ3) is 5.69. The molecule has 1 aromatic carbocycles. The number of hydrogen-bond donors (Lipinski definition) is 3. The van der Waals surface area contributed by atoms with Crippen LogP contribution in [0.25, 0.3) is 5.57 Å². The fourth-order valence-corrected chi connectivity index (χ4v) is 3.93. The lowest BCUT2D eigenvalue weighted by Gasteiger charge is -2.33. The molecule has 0 aliphatic carbocycles. The predicted octanol–water partition coefficient (Wildman–Crippen LogP) is 4.43. The number of nitriles is 1. The van der Waals surface area contributed by atoms with E-state index in [2.05, 4.69) is 26.7 Å². The number of carbonyl (C=O) groups is 2. The molecule has 0 fully saturated rings. The van der Waals surface area contributed by atoms with Gasteiger partial charge < -0.3 is 20.2 Å². The molecule has 2 heterocycles. The van der Waals surface area contributed by atoms with Gasteiger partial charge in [0.1, 0.15) is 17.5 Å². The molecule has 2 amide bonds. The number of hydrogen-bond acceptors (Lipinski definition) is 7. The van der Waals surface area contributed by atoms with E-state index in [1.54, 1.807) is 6.20 Å². The summed E-state index contributed by atoms with van der Waals surface area (Å²) in [6.07, 6.45) is 1.01. The lowest BCUT2D eigenvalue weighted by atomic mass is 10.1. The monoisotopic (exact) mass is 477 g/mol. The van der Waals surface area contributed by atoms with Gasteiger partial charge in [-0.3, -0.25) is 10.1 Å². The Morgan fingerprint density at radius 2 is 2.00 bits per heavy atom. The van der Waals surface area contributed by atoms with Crippen molar-refractivity contribution in [2.24, 2.45) is 0 Å². The van der Waals surface area contributed by atoms with Crippen molar-refractivity contribution in [1.82, 2.24) is 14.9 Å². The summed E-state index contributed by atoms with van der Waals surface area (Å²) in [5, 5.41) is 25.4. The van der Waals surface area contributed by atoms with E-state index in [-0.39, 0.29) is 24.8 Å². The normalized spacial score (nSPS) is 14.0. The predicted molar refractivity (Wildman–Crippen MR) is 135 cm³/mol. The lowest BCUT2D eigenvalue weighted by molar-refractivity contribution is -0.116. The summed E-state index contributed by atoms with van der Waals surface area (Å²) in [6, 6.07) is 10.1. The molecule has 3 N–H and O–H groups in total. The Balaban J connectivity index is 1.78. The molecule has 0 unspecified atom stereocenters. The number of aromatic nitrogens is 2. The van der Waals surface area contributed by atoms with Crippen LogP contribution in [-0.4, -0.2) is 50.6 Å². The molecule has 0 saturated carbocycles. The highest BCUT2D eigenvalue weighted by atomic mass is 16.4. The van der Waals surface area contributed by atoms with Crippen molar-refractivity contribution < 1.29 is 14.7 Å². The zero-order valence-corrected chi connectivity index (χ0v) is 20.7. The molecule has 0 bridgehead atoms. The van der Waals surface area contributed by atoms with Crippen LogP contribution in [0.3, 0.4) is 0 Å². The minimum atomic E-state index is -1.02. The maximum absolute atomic E-state index is 12.5. The number of nitrogens with one attached hydrogen (secondary N) is 2. The second-order valence-corrected chi connectivity index (χ2v) is 9.20. The van der Waals surface area contributed by atoms with Gasteiger partial charge in [-0.2, -0.15) is 5.26 Å². The number of para-hydroxylation sites is 2. The number of benzene rings is 1. The summed E-state index contributed by atoms with van der Waals surface area (Å²) in [5.74, 6) is 0.395. The minimum absolute atomic E-state index is 0.0911. The van der Waals surface area contributed by atoms with Crippen molar-refractivity contribution in [2.75, 3.05) is 28.6 Å². The smallest absolute Gasteiger partial charge is 0.407 e. The number of fused-ring (bicyclic) bond motifs is 1. The second kappa shape index (κ2) is 10.4. The molecule has 1 aliphatic heterocycles. The first kappa shape index (κ1) is 25.5. The maximum Gasteiger partial charge on any atom is 0.407 e. The van der Waals surface area contributed by atoms with Crippen molar-refractivity contribution in [3.05, 3.63) is 47.5 Å². The summed E-state index contributed by atoms with van der Waals surface area (Å²) in [7, 11) is 0. The van der Waals surface area contributed by atoms with Crippen LogP contribution in [0.15, 0.2) is 36.3 Å². The number of allylic oxidation sites excluding steroid dienone is 1. The fourth-order valence-electron chi connectivity index (χ4n) is 3.93. The van der Waals surface area contributed by atoms with Crippen molar-refractivity contribution in [3.63, 3.8) is 0 Å². The van der Waals surface area contributed by atoms with Gasteiger partial charge in [-0.25, -0.2) is 14.8 Å². The van der Waals surface area contributed by atoms with Crippen LogP contribution in [0.1, 0.15) is 51.8 Å². The first-order valence-corrected chi connectivity index (χ1v) is 11.5. The lowest BCUT2D eigenvalue weighted by Crippen LogP contribution is -2.45. The Labute approximate surface area is 205 Å². The fraction of sp³-hybridized carbons (Fsp3) is 0.400. The van der Waals surface area contributed by atoms with Crippen LogP contribution in [-0.2, 0) is 4.79 Å². The van der Waals surface area contributed by atoms with Gasteiger partial charge in [-0.1, -0.05) is 12.1 Å². The zero-order valence-electron chi connectivity index (χ0n) is 20.7. The molecule has 10 nitrogen and oxygen atoms in total. The summed E-state index contributed by atoms with van der Waals surface area (Å²) >= 11 is 0. The molecular formula is C25H31N7O3. The van der Waals surface area contributed by atoms with Gasteiger partial charge in [0.15, 0.2) is 0 Å². The summed E-state index contributed by atoms with van der Waals surface area (Å²) in [4.78, 5) is 36.0.